The molecular formula is C22H25Cl2N3O4S. The van der Waals surface area contributed by atoms with E-state index < -0.39 is 10.0 Å². The Morgan fingerprint density at radius 3 is 2.25 bits per heavy atom. The van der Waals surface area contributed by atoms with Crippen molar-refractivity contribution in [3.63, 3.8) is 0 Å². The van der Waals surface area contributed by atoms with Crippen LogP contribution in [0.1, 0.15) is 42.5 Å². The zero-order valence-electron chi connectivity index (χ0n) is 17.4. The minimum Gasteiger partial charge on any atom is -0.354 e. The van der Waals surface area contributed by atoms with E-state index in [9.17, 15) is 18.0 Å². The van der Waals surface area contributed by atoms with Crippen LogP contribution in [-0.4, -0.2) is 33.3 Å². The van der Waals surface area contributed by atoms with Crippen molar-refractivity contribution >= 4 is 50.7 Å². The molecule has 0 bridgehead atoms. The van der Waals surface area contributed by atoms with Crippen molar-refractivity contribution in [2.75, 3.05) is 17.8 Å². The minimum absolute atomic E-state index is 0.0495. The number of carbonyl (C=O) groups is 2. The van der Waals surface area contributed by atoms with E-state index in [0.29, 0.717) is 18.7 Å². The van der Waals surface area contributed by atoms with Gasteiger partial charge >= 0.3 is 0 Å². The number of carbonyl (C=O) groups excluding carboxylic acids is 2. The van der Waals surface area contributed by atoms with Crippen molar-refractivity contribution in [3.8, 4) is 0 Å². The Kier molecular flexibility index (Phi) is 8.39. The average molecular weight is 498 g/mol. The molecule has 0 heterocycles. The summed E-state index contributed by atoms with van der Waals surface area (Å²) in [6, 6.07) is 10.1. The number of sulfonamides is 1. The van der Waals surface area contributed by atoms with E-state index in [4.69, 9.17) is 23.2 Å². The van der Waals surface area contributed by atoms with Gasteiger partial charge in [-0.05, 0) is 55.3 Å². The van der Waals surface area contributed by atoms with Gasteiger partial charge < -0.3 is 10.6 Å². The summed E-state index contributed by atoms with van der Waals surface area (Å²) >= 11 is 11.9. The number of hydrogen-bond donors (Lipinski definition) is 3. The summed E-state index contributed by atoms with van der Waals surface area (Å²) < 4.78 is 27.6. The van der Waals surface area contributed by atoms with Gasteiger partial charge in [-0.2, -0.15) is 0 Å². The molecule has 2 aromatic carbocycles. The predicted octanol–water partition coefficient (Wildman–Crippen LogP) is 4.22. The first-order chi connectivity index (χ1) is 15.3. The van der Waals surface area contributed by atoms with Gasteiger partial charge in [-0.3, -0.25) is 14.3 Å². The number of halogens is 2. The van der Waals surface area contributed by atoms with E-state index in [2.05, 4.69) is 15.4 Å². The van der Waals surface area contributed by atoms with Crippen molar-refractivity contribution < 1.29 is 18.0 Å². The summed E-state index contributed by atoms with van der Waals surface area (Å²) in [6.07, 6.45) is 5.23. The van der Waals surface area contributed by atoms with E-state index in [1.165, 1.54) is 48.9 Å². The van der Waals surface area contributed by atoms with Gasteiger partial charge in [0.2, 0.25) is 5.91 Å². The van der Waals surface area contributed by atoms with Crippen LogP contribution in [0.3, 0.4) is 0 Å². The fourth-order valence-electron chi connectivity index (χ4n) is 3.56. The summed E-state index contributed by atoms with van der Waals surface area (Å²) in [4.78, 5) is 24.3. The second-order valence-corrected chi connectivity index (χ2v) is 10.1. The normalized spacial score (nSPS) is 14.6. The molecule has 32 heavy (non-hydrogen) atoms. The smallest absolute Gasteiger partial charge is 0.263 e. The Morgan fingerprint density at radius 2 is 1.56 bits per heavy atom. The molecule has 0 aromatic heterocycles. The van der Waals surface area contributed by atoms with E-state index in [1.807, 2.05) is 0 Å². The number of amides is 2. The Bertz CT molecular complexity index is 1070. The van der Waals surface area contributed by atoms with Crippen LogP contribution in [0.2, 0.25) is 10.0 Å². The summed E-state index contributed by atoms with van der Waals surface area (Å²) in [5, 5.41) is 5.90. The summed E-state index contributed by atoms with van der Waals surface area (Å²) in [7, 11) is -3.94. The maximum absolute atomic E-state index is 12.6. The van der Waals surface area contributed by atoms with E-state index in [-0.39, 0.29) is 38.4 Å². The molecule has 0 radical (unpaired) electrons. The molecule has 0 spiro atoms. The third-order valence-electron chi connectivity index (χ3n) is 5.27. The van der Waals surface area contributed by atoms with Gasteiger partial charge in [0, 0.05) is 35.3 Å². The van der Waals surface area contributed by atoms with Crippen LogP contribution in [0.5, 0.6) is 0 Å². The van der Waals surface area contributed by atoms with Crippen LogP contribution in [0.4, 0.5) is 5.69 Å². The minimum atomic E-state index is -3.94. The fraction of sp³-hybridized carbons (Fsp3) is 0.364. The highest BCUT2D eigenvalue weighted by atomic mass is 35.5. The third kappa shape index (κ3) is 6.60. The first-order valence-corrected chi connectivity index (χ1v) is 12.6. The van der Waals surface area contributed by atoms with Crippen LogP contribution in [0.25, 0.3) is 0 Å². The highest BCUT2D eigenvalue weighted by molar-refractivity contribution is 7.92. The highest BCUT2D eigenvalue weighted by Gasteiger charge is 2.21. The molecule has 7 nitrogen and oxygen atoms in total. The SMILES string of the molecule is O=C(NCCNC(=O)C1CCCCC1)c1ccc(NS(=O)(=O)c2cc(Cl)ccc2Cl)cc1. The number of nitrogens with one attached hydrogen (secondary N) is 3. The largest absolute Gasteiger partial charge is 0.354 e. The molecular weight excluding hydrogens is 473 g/mol. The first-order valence-electron chi connectivity index (χ1n) is 10.4. The molecule has 0 aliphatic heterocycles. The standard InChI is InChI=1S/C22H25Cl2N3O4S/c23-17-8-11-19(24)20(14-17)32(30,31)27-18-9-6-16(7-10-18)22(29)26-13-12-25-21(28)15-4-2-1-3-5-15/h6-11,14-15,27H,1-5,12-13H2,(H,25,28)(H,26,29). The lowest BCUT2D eigenvalue weighted by Gasteiger charge is -2.20. The van der Waals surface area contributed by atoms with Crippen molar-refractivity contribution in [2.24, 2.45) is 5.92 Å². The molecule has 1 aliphatic carbocycles. The molecule has 3 rings (SSSR count). The maximum Gasteiger partial charge on any atom is 0.263 e. The van der Waals surface area contributed by atoms with E-state index in [1.54, 1.807) is 0 Å². The molecule has 2 amide bonds. The summed E-state index contributed by atoms with van der Waals surface area (Å²) in [5.74, 6) is -0.183. The van der Waals surface area contributed by atoms with Crippen molar-refractivity contribution in [1.29, 1.82) is 0 Å². The predicted molar refractivity (Wildman–Crippen MR) is 126 cm³/mol. The zero-order chi connectivity index (χ0) is 23.1. The van der Waals surface area contributed by atoms with Crippen LogP contribution in [0.15, 0.2) is 47.4 Å². The van der Waals surface area contributed by atoms with Crippen LogP contribution in [-0.2, 0) is 14.8 Å². The molecule has 1 fully saturated rings. The van der Waals surface area contributed by atoms with Crippen LogP contribution >= 0.6 is 23.2 Å². The molecule has 172 valence electrons. The van der Waals surface area contributed by atoms with Gasteiger partial charge in [-0.25, -0.2) is 8.42 Å². The molecule has 0 unspecified atom stereocenters. The number of anilines is 1. The van der Waals surface area contributed by atoms with Crippen molar-refractivity contribution in [1.82, 2.24) is 10.6 Å². The second kappa shape index (κ2) is 11.0. The number of hydrogen-bond acceptors (Lipinski definition) is 4. The monoisotopic (exact) mass is 497 g/mol. The second-order valence-electron chi connectivity index (χ2n) is 7.64. The Labute approximate surface area is 197 Å². The number of rotatable bonds is 8. The maximum atomic E-state index is 12.6. The van der Waals surface area contributed by atoms with Gasteiger partial charge in [0.1, 0.15) is 4.90 Å². The molecule has 10 heteroatoms. The van der Waals surface area contributed by atoms with Crippen molar-refractivity contribution in [3.05, 3.63) is 58.1 Å². The van der Waals surface area contributed by atoms with Crippen molar-refractivity contribution in [2.45, 2.75) is 37.0 Å². The molecule has 1 saturated carbocycles. The van der Waals surface area contributed by atoms with E-state index >= 15 is 0 Å². The van der Waals surface area contributed by atoms with Crippen LogP contribution in [0, 0.1) is 5.92 Å². The Balaban J connectivity index is 1.49. The fourth-order valence-corrected chi connectivity index (χ4v) is 5.38. The van der Waals surface area contributed by atoms with Gasteiger partial charge in [-0.1, -0.05) is 42.5 Å². The van der Waals surface area contributed by atoms with Gasteiger partial charge in [0.05, 0.1) is 5.02 Å². The van der Waals surface area contributed by atoms with Gasteiger partial charge in [-0.15, -0.1) is 0 Å². The lowest BCUT2D eigenvalue weighted by molar-refractivity contribution is -0.125. The Hall–Kier alpha value is -2.29. The van der Waals surface area contributed by atoms with Gasteiger partial charge in [0.25, 0.3) is 15.9 Å². The summed E-state index contributed by atoms with van der Waals surface area (Å²) in [5.41, 5.74) is 0.643. The summed E-state index contributed by atoms with van der Waals surface area (Å²) in [6.45, 7) is 0.665. The molecule has 0 saturated heterocycles. The lowest BCUT2D eigenvalue weighted by Crippen LogP contribution is -2.38. The van der Waals surface area contributed by atoms with E-state index in [0.717, 1.165) is 25.7 Å². The Morgan fingerprint density at radius 1 is 0.906 bits per heavy atom. The highest BCUT2D eigenvalue weighted by Crippen LogP contribution is 2.27. The van der Waals surface area contributed by atoms with Crippen LogP contribution < -0.4 is 15.4 Å². The topological polar surface area (TPSA) is 104 Å². The quantitative estimate of drug-likeness (QED) is 0.474. The lowest BCUT2D eigenvalue weighted by atomic mass is 9.89. The zero-order valence-corrected chi connectivity index (χ0v) is 19.7. The number of benzene rings is 2. The molecule has 1 aliphatic rings. The molecule has 3 N–H and O–H groups in total. The molecule has 0 atom stereocenters. The average Bonchev–Trinajstić information content (AvgIpc) is 2.78. The van der Waals surface area contributed by atoms with Gasteiger partial charge in [0.15, 0.2) is 0 Å². The molecule has 2 aromatic rings. The first kappa shape index (κ1) is 24.4. The third-order valence-corrected chi connectivity index (χ3v) is 7.37.